The molecule has 1 aromatic carbocycles. The lowest BCUT2D eigenvalue weighted by molar-refractivity contribution is 0.135. The van der Waals surface area contributed by atoms with Gasteiger partial charge in [-0.2, -0.15) is 0 Å². The average molecular weight is 263 g/mol. The second kappa shape index (κ2) is 6.29. The van der Waals surface area contributed by atoms with Gasteiger partial charge in [0.1, 0.15) is 17.6 Å². The van der Waals surface area contributed by atoms with Gasteiger partial charge in [0.25, 0.3) is 0 Å². The van der Waals surface area contributed by atoms with Crippen molar-refractivity contribution in [2.75, 3.05) is 20.2 Å². The van der Waals surface area contributed by atoms with Crippen molar-refractivity contribution >= 4 is 0 Å². The maximum atomic E-state index is 6.12. The molecule has 0 bridgehead atoms. The number of nitrogens with zero attached hydrogens (tertiary/aromatic N) is 1. The number of ether oxygens (including phenoxy) is 2. The molecule has 1 unspecified atom stereocenters. The van der Waals surface area contributed by atoms with Gasteiger partial charge in [-0.15, -0.1) is 0 Å². The fourth-order valence-electron chi connectivity index (χ4n) is 2.60. The molecule has 3 heteroatoms. The van der Waals surface area contributed by atoms with Crippen molar-refractivity contribution in [2.24, 2.45) is 5.92 Å². The van der Waals surface area contributed by atoms with Crippen LogP contribution in [0.25, 0.3) is 0 Å². The molecule has 0 radical (unpaired) electrons. The van der Waals surface area contributed by atoms with Crippen molar-refractivity contribution in [1.29, 1.82) is 0 Å². The van der Waals surface area contributed by atoms with Crippen molar-refractivity contribution in [1.82, 2.24) is 4.90 Å². The van der Waals surface area contributed by atoms with E-state index in [1.807, 2.05) is 12.1 Å². The minimum atomic E-state index is 0.286. The van der Waals surface area contributed by atoms with Crippen LogP contribution in [-0.2, 0) is 6.54 Å². The summed E-state index contributed by atoms with van der Waals surface area (Å²) in [5.41, 5.74) is 1.23. The highest BCUT2D eigenvalue weighted by atomic mass is 16.5. The summed E-state index contributed by atoms with van der Waals surface area (Å²) in [6, 6.07) is 6.11. The van der Waals surface area contributed by atoms with Gasteiger partial charge in [-0.1, -0.05) is 20.8 Å². The number of benzene rings is 1. The van der Waals surface area contributed by atoms with Crippen LogP contribution in [0.2, 0.25) is 0 Å². The van der Waals surface area contributed by atoms with Gasteiger partial charge < -0.3 is 9.47 Å². The molecular formula is C16H25NO2. The molecule has 0 aromatic heterocycles. The van der Waals surface area contributed by atoms with Crippen LogP contribution in [0.15, 0.2) is 18.2 Å². The van der Waals surface area contributed by atoms with Crippen molar-refractivity contribution in [3.63, 3.8) is 0 Å². The molecule has 1 aliphatic rings. The van der Waals surface area contributed by atoms with Crippen molar-refractivity contribution in [2.45, 2.75) is 39.8 Å². The highest BCUT2D eigenvalue weighted by molar-refractivity contribution is 5.41. The maximum Gasteiger partial charge on any atom is 0.124 e. The van der Waals surface area contributed by atoms with E-state index in [4.69, 9.17) is 9.47 Å². The lowest BCUT2D eigenvalue weighted by Crippen LogP contribution is -2.34. The zero-order valence-corrected chi connectivity index (χ0v) is 12.5. The Hall–Kier alpha value is -1.22. The smallest absolute Gasteiger partial charge is 0.124 e. The Morgan fingerprint density at radius 2 is 2.21 bits per heavy atom. The minimum Gasteiger partial charge on any atom is -0.497 e. The van der Waals surface area contributed by atoms with E-state index in [1.165, 1.54) is 5.56 Å². The molecule has 2 rings (SSSR count). The Morgan fingerprint density at radius 1 is 1.42 bits per heavy atom. The number of hydrogen-bond donors (Lipinski definition) is 0. The fourth-order valence-corrected chi connectivity index (χ4v) is 2.60. The van der Waals surface area contributed by atoms with Crippen molar-refractivity contribution < 1.29 is 9.47 Å². The molecule has 0 spiro atoms. The normalized spacial score (nSPS) is 19.7. The first-order chi connectivity index (χ1) is 9.12. The highest BCUT2D eigenvalue weighted by Crippen LogP contribution is 2.29. The third kappa shape index (κ3) is 3.63. The summed E-state index contributed by atoms with van der Waals surface area (Å²) in [6.45, 7) is 9.77. The molecule has 0 amide bonds. The van der Waals surface area contributed by atoms with E-state index in [0.717, 1.165) is 37.6 Å². The van der Waals surface area contributed by atoms with Crippen LogP contribution < -0.4 is 9.47 Å². The lowest BCUT2D eigenvalue weighted by atomic mass is 10.1. The highest BCUT2D eigenvalue weighted by Gasteiger charge is 2.22. The van der Waals surface area contributed by atoms with Crippen LogP contribution in [0.5, 0.6) is 11.5 Å². The van der Waals surface area contributed by atoms with Gasteiger partial charge in [-0.05, 0) is 30.5 Å². The number of methoxy groups -OCH3 is 1. The summed E-state index contributed by atoms with van der Waals surface area (Å²) in [6.07, 6.45) is 1.33. The maximum absolute atomic E-state index is 6.12. The summed E-state index contributed by atoms with van der Waals surface area (Å²) >= 11 is 0. The minimum absolute atomic E-state index is 0.286. The Morgan fingerprint density at radius 3 is 2.84 bits per heavy atom. The second-order valence-electron chi connectivity index (χ2n) is 5.71. The van der Waals surface area contributed by atoms with E-state index in [-0.39, 0.29) is 6.10 Å². The van der Waals surface area contributed by atoms with E-state index >= 15 is 0 Å². The van der Waals surface area contributed by atoms with E-state index in [9.17, 15) is 0 Å². The fraction of sp³-hybridized carbons (Fsp3) is 0.625. The Labute approximate surface area is 116 Å². The summed E-state index contributed by atoms with van der Waals surface area (Å²) in [7, 11) is 1.71. The van der Waals surface area contributed by atoms with Gasteiger partial charge in [0.2, 0.25) is 0 Å². The van der Waals surface area contributed by atoms with E-state index in [0.29, 0.717) is 5.92 Å². The average Bonchev–Trinajstić information content (AvgIpc) is 2.55. The number of hydrogen-bond acceptors (Lipinski definition) is 3. The second-order valence-corrected chi connectivity index (χ2v) is 5.71. The number of rotatable bonds is 4. The molecule has 19 heavy (non-hydrogen) atoms. The predicted octanol–water partition coefficient (Wildman–Crippen LogP) is 3.32. The predicted molar refractivity (Wildman–Crippen MR) is 77.8 cm³/mol. The summed E-state index contributed by atoms with van der Waals surface area (Å²) in [4.78, 5) is 2.49. The van der Waals surface area contributed by atoms with Crippen LogP contribution in [0, 0.1) is 5.92 Å². The first-order valence-electron chi connectivity index (χ1n) is 7.18. The molecule has 1 aromatic rings. The largest absolute Gasteiger partial charge is 0.497 e. The third-order valence-electron chi connectivity index (χ3n) is 3.50. The molecule has 1 heterocycles. The van der Waals surface area contributed by atoms with Gasteiger partial charge in [-0.25, -0.2) is 0 Å². The van der Waals surface area contributed by atoms with Crippen LogP contribution >= 0.6 is 0 Å². The molecule has 1 atom stereocenters. The summed E-state index contributed by atoms with van der Waals surface area (Å²) < 4.78 is 11.4. The molecule has 0 fully saturated rings. The quantitative estimate of drug-likeness (QED) is 0.831. The van der Waals surface area contributed by atoms with Gasteiger partial charge in [0.05, 0.1) is 7.11 Å². The summed E-state index contributed by atoms with van der Waals surface area (Å²) in [5.74, 6) is 2.59. The van der Waals surface area contributed by atoms with Crippen LogP contribution in [0.3, 0.4) is 0 Å². The third-order valence-corrected chi connectivity index (χ3v) is 3.50. The van der Waals surface area contributed by atoms with Crippen LogP contribution in [0.4, 0.5) is 0 Å². The van der Waals surface area contributed by atoms with Crippen LogP contribution in [0.1, 0.15) is 32.8 Å². The van der Waals surface area contributed by atoms with Crippen LogP contribution in [-0.4, -0.2) is 31.2 Å². The van der Waals surface area contributed by atoms with Gasteiger partial charge in [0, 0.05) is 25.2 Å². The molecule has 0 N–H and O–H groups in total. The molecule has 0 saturated heterocycles. The van der Waals surface area contributed by atoms with E-state index in [2.05, 4.69) is 31.7 Å². The standard InChI is InChI=1S/C16H25NO2/c1-5-14-11-17(9-12(2)3)10-13-8-15(18-4)6-7-16(13)19-14/h6-8,12,14H,5,9-11H2,1-4H3. The van der Waals surface area contributed by atoms with Crippen molar-refractivity contribution in [3.8, 4) is 11.5 Å². The Balaban J connectivity index is 2.24. The topological polar surface area (TPSA) is 21.7 Å². The zero-order chi connectivity index (χ0) is 13.8. The van der Waals surface area contributed by atoms with Gasteiger partial charge in [0.15, 0.2) is 0 Å². The van der Waals surface area contributed by atoms with E-state index < -0.39 is 0 Å². The van der Waals surface area contributed by atoms with Gasteiger partial charge >= 0.3 is 0 Å². The lowest BCUT2D eigenvalue weighted by Gasteiger charge is -2.24. The van der Waals surface area contributed by atoms with E-state index in [1.54, 1.807) is 7.11 Å². The Bertz CT molecular complexity index is 417. The number of fused-ring (bicyclic) bond motifs is 1. The monoisotopic (exact) mass is 263 g/mol. The molecule has 1 aliphatic heterocycles. The van der Waals surface area contributed by atoms with Gasteiger partial charge in [-0.3, -0.25) is 4.90 Å². The summed E-state index contributed by atoms with van der Waals surface area (Å²) in [5, 5.41) is 0. The molecule has 106 valence electrons. The first-order valence-corrected chi connectivity index (χ1v) is 7.18. The van der Waals surface area contributed by atoms with Crippen molar-refractivity contribution in [3.05, 3.63) is 23.8 Å². The molecule has 3 nitrogen and oxygen atoms in total. The molecule has 0 aliphatic carbocycles. The first kappa shape index (κ1) is 14.2. The zero-order valence-electron chi connectivity index (χ0n) is 12.5. The SMILES string of the molecule is CCC1CN(CC(C)C)Cc2cc(OC)ccc2O1. The molecular weight excluding hydrogens is 238 g/mol. The molecule has 0 saturated carbocycles. The Kier molecular flexibility index (Phi) is 4.70.